The topological polar surface area (TPSA) is 55.2 Å². The summed E-state index contributed by atoms with van der Waals surface area (Å²) in [5.74, 6) is 0.420. The minimum atomic E-state index is 0.0214. The van der Waals surface area contributed by atoms with Crippen LogP contribution in [0.3, 0.4) is 0 Å². The Hall–Kier alpha value is -3.73. The van der Waals surface area contributed by atoms with Crippen LogP contribution in [0.2, 0.25) is 0 Å². The molecule has 0 unspecified atom stereocenters. The van der Waals surface area contributed by atoms with Gasteiger partial charge in [-0.25, -0.2) is 0 Å². The molecule has 5 nitrogen and oxygen atoms in total. The highest BCUT2D eigenvalue weighted by Gasteiger charge is 2.41. The summed E-state index contributed by atoms with van der Waals surface area (Å²) in [7, 11) is 0. The van der Waals surface area contributed by atoms with E-state index >= 15 is 0 Å². The van der Waals surface area contributed by atoms with Gasteiger partial charge in [-0.2, -0.15) is 0 Å². The Balaban J connectivity index is 1.36. The van der Waals surface area contributed by atoms with E-state index in [0.717, 1.165) is 29.4 Å². The number of pyridine rings is 2. The van der Waals surface area contributed by atoms with E-state index in [0.29, 0.717) is 18.7 Å². The highest BCUT2D eigenvalue weighted by Crippen LogP contribution is 2.42. The number of para-hydroxylation sites is 1. The molecule has 2 bridgehead atoms. The maximum Gasteiger partial charge on any atom is 0.255 e. The van der Waals surface area contributed by atoms with Crippen molar-refractivity contribution in [3.63, 3.8) is 0 Å². The van der Waals surface area contributed by atoms with Gasteiger partial charge < -0.3 is 9.47 Å². The average Bonchev–Trinajstić information content (AvgIpc) is 2.86. The van der Waals surface area contributed by atoms with Gasteiger partial charge in [0, 0.05) is 48.4 Å². The molecule has 164 valence electrons. The fourth-order valence-corrected chi connectivity index (χ4v) is 5.70. The SMILES string of the molecule is O=C(c1cnc2ccccc2c1)N1C[C@H]2C[C@@H](C1)[C@H](Cc1ccccc1)n1c2cccc1=O. The van der Waals surface area contributed by atoms with E-state index in [-0.39, 0.29) is 29.3 Å². The second-order valence-corrected chi connectivity index (χ2v) is 9.24. The number of fused-ring (bicyclic) bond motifs is 5. The summed E-state index contributed by atoms with van der Waals surface area (Å²) in [5.41, 5.74) is 3.83. The highest BCUT2D eigenvalue weighted by molar-refractivity contribution is 5.97. The molecule has 0 saturated carbocycles. The Bertz CT molecular complexity index is 1400. The quantitative estimate of drug-likeness (QED) is 0.478. The zero-order valence-electron chi connectivity index (χ0n) is 18.3. The second-order valence-electron chi connectivity index (χ2n) is 9.24. The summed E-state index contributed by atoms with van der Waals surface area (Å²) in [5, 5.41) is 0.972. The largest absolute Gasteiger partial charge is 0.338 e. The number of piperidine rings is 1. The van der Waals surface area contributed by atoms with Crippen LogP contribution in [0.25, 0.3) is 10.9 Å². The lowest BCUT2D eigenvalue weighted by Crippen LogP contribution is -2.51. The van der Waals surface area contributed by atoms with Crippen LogP contribution in [-0.2, 0) is 6.42 Å². The van der Waals surface area contributed by atoms with Gasteiger partial charge in [-0.1, -0.05) is 54.6 Å². The average molecular weight is 436 g/mol. The van der Waals surface area contributed by atoms with Crippen molar-refractivity contribution in [1.82, 2.24) is 14.5 Å². The first-order chi connectivity index (χ1) is 16.2. The lowest BCUT2D eigenvalue weighted by Gasteiger charge is -2.47. The third-order valence-corrected chi connectivity index (χ3v) is 7.21. The zero-order chi connectivity index (χ0) is 22.4. The van der Waals surface area contributed by atoms with Gasteiger partial charge in [-0.05, 0) is 42.5 Å². The first-order valence-electron chi connectivity index (χ1n) is 11.6. The van der Waals surface area contributed by atoms with Crippen LogP contribution in [0, 0.1) is 5.92 Å². The summed E-state index contributed by atoms with van der Waals surface area (Å²) in [6, 6.07) is 25.7. The fraction of sp³-hybridized carbons (Fsp3) is 0.250. The summed E-state index contributed by atoms with van der Waals surface area (Å²) >= 11 is 0. The number of hydrogen-bond acceptors (Lipinski definition) is 3. The van der Waals surface area contributed by atoms with Crippen LogP contribution in [0.4, 0.5) is 0 Å². The van der Waals surface area contributed by atoms with Crippen LogP contribution < -0.4 is 5.56 Å². The summed E-state index contributed by atoms with van der Waals surface area (Å²) in [6.45, 7) is 1.28. The maximum absolute atomic E-state index is 13.5. The molecule has 3 atom stereocenters. The van der Waals surface area contributed by atoms with Gasteiger partial charge in [-0.3, -0.25) is 14.6 Å². The van der Waals surface area contributed by atoms with Crippen molar-refractivity contribution in [3.8, 4) is 0 Å². The molecule has 1 saturated heterocycles. The number of rotatable bonds is 3. The first kappa shape index (κ1) is 19.9. The van der Waals surface area contributed by atoms with Crippen molar-refractivity contribution >= 4 is 16.8 Å². The minimum Gasteiger partial charge on any atom is -0.338 e. The van der Waals surface area contributed by atoms with Gasteiger partial charge in [-0.15, -0.1) is 0 Å². The van der Waals surface area contributed by atoms with Crippen LogP contribution in [-0.4, -0.2) is 33.4 Å². The number of amides is 1. The zero-order valence-corrected chi connectivity index (χ0v) is 18.3. The first-order valence-corrected chi connectivity index (χ1v) is 11.6. The van der Waals surface area contributed by atoms with Crippen LogP contribution in [0.15, 0.2) is 89.9 Å². The van der Waals surface area contributed by atoms with E-state index in [1.807, 2.05) is 64.1 Å². The summed E-state index contributed by atoms with van der Waals surface area (Å²) in [6.07, 6.45) is 3.48. The molecule has 0 aliphatic carbocycles. The van der Waals surface area contributed by atoms with Crippen molar-refractivity contribution in [1.29, 1.82) is 0 Å². The van der Waals surface area contributed by atoms with Crippen molar-refractivity contribution in [3.05, 3.63) is 112 Å². The van der Waals surface area contributed by atoms with Crippen LogP contribution in [0.1, 0.15) is 40.0 Å². The smallest absolute Gasteiger partial charge is 0.255 e. The maximum atomic E-state index is 13.5. The van der Waals surface area contributed by atoms with E-state index in [2.05, 4.69) is 23.2 Å². The molecule has 5 heteroatoms. The van der Waals surface area contributed by atoms with E-state index in [1.54, 1.807) is 12.3 Å². The Morgan fingerprint density at radius 2 is 1.76 bits per heavy atom. The minimum absolute atomic E-state index is 0.0214. The number of aromatic nitrogens is 2. The number of nitrogens with zero attached hydrogens (tertiary/aromatic N) is 3. The Kier molecular flexibility index (Phi) is 4.83. The monoisotopic (exact) mass is 435 g/mol. The van der Waals surface area contributed by atoms with E-state index < -0.39 is 0 Å². The van der Waals surface area contributed by atoms with Gasteiger partial charge in [0.25, 0.3) is 11.5 Å². The molecule has 2 aromatic heterocycles. The number of hydrogen-bond donors (Lipinski definition) is 0. The van der Waals surface area contributed by atoms with Gasteiger partial charge in [0.15, 0.2) is 0 Å². The molecule has 0 radical (unpaired) electrons. The van der Waals surface area contributed by atoms with Crippen molar-refractivity contribution in [2.24, 2.45) is 5.92 Å². The molecular formula is C28H25N3O2. The molecular weight excluding hydrogens is 410 g/mol. The predicted octanol–water partition coefficient (Wildman–Crippen LogP) is 4.44. The normalized spacial score (nSPS) is 21.6. The van der Waals surface area contributed by atoms with Crippen LogP contribution in [0.5, 0.6) is 0 Å². The molecule has 33 heavy (non-hydrogen) atoms. The molecule has 4 heterocycles. The highest BCUT2D eigenvalue weighted by atomic mass is 16.2. The number of benzene rings is 2. The van der Waals surface area contributed by atoms with Crippen molar-refractivity contribution < 1.29 is 4.79 Å². The third kappa shape index (κ3) is 3.54. The molecule has 4 aromatic rings. The molecule has 1 amide bonds. The second kappa shape index (κ2) is 8.00. The van der Waals surface area contributed by atoms with E-state index in [1.165, 1.54) is 5.56 Å². The molecule has 2 aliphatic heterocycles. The Morgan fingerprint density at radius 3 is 2.64 bits per heavy atom. The number of likely N-dealkylation sites (tertiary alicyclic amines) is 1. The Morgan fingerprint density at radius 1 is 0.939 bits per heavy atom. The molecule has 1 fully saturated rings. The lowest BCUT2D eigenvalue weighted by atomic mass is 9.76. The van der Waals surface area contributed by atoms with E-state index in [4.69, 9.17) is 0 Å². The standard InChI is InChI=1S/C28H25N3O2/c32-27-12-6-11-25-22-15-23(26(31(25)27)13-19-7-2-1-3-8-19)18-30(17-22)28(33)21-14-20-9-4-5-10-24(20)29-16-21/h1-12,14,16,22-23,26H,13,15,17-18H2/t22-,23+,26+/m1/s1. The van der Waals surface area contributed by atoms with E-state index in [9.17, 15) is 9.59 Å². The van der Waals surface area contributed by atoms with Crippen molar-refractivity contribution in [2.75, 3.05) is 13.1 Å². The summed E-state index contributed by atoms with van der Waals surface area (Å²) < 4.78 is 2.01. The predicted molar refractivity (Wildman–Crippen MR) is 128 cm³/mol. The molecule has 2 aliphatic rings. The molecule has 0 N–H and O–H groups in total. The summed E-state index contributed by atoms with van der Waals surface area (Å²) in [4.78, 5) is 32.9. The van der Waals surface area contributed by atoms with Crippen LogP contribution >= 0.6 is 0 Å². The number of carbonyl (C=O) groups excluding carboxylic acids is 1. The Labute approximate surface area is 192 Å². The van der Waals surface area contributed by atoms with Gasteiger partial charge in [0.1, 0.15) is 0 Å². The molecule has 2 aromatic carbocycles. The van der Waals surface area contributed by atoms with Crippen molar-refractivity contribution in [2.45, 2.75) is 24.8 Å². The molecule has 0 spiro atoms. The fourth-order valence-electron chi connectivity index (χ4n) is 5.70. The van der Waals surface area contributed by atoms with Gasteiger partial charge in [0.2, 0.25) is 0 Å². The molecule has 6 rings (SSSR count). The third-order valence-electron chi connectivity index (χ3n) is 7.21. The van der Waals surface area contributed by atoms with Gasteiger partial charge >= 0.3 is 0 Å². The van der Waals surface area contributed by atoms with Gasteiger partial charge in [0.05, 0.1) is 11.1 Å². The lowest BCUT2D eigenvalue weighted by molar-refractivity contribution is 0.0528. The number of carbonyl (C=O) groups is 1.